The maximum absolute atomic E-state index is 12.6. The summed E-state index contributed by atoms with van der Waals surface area (Å²) in [5, 5.41) is 14.6. The van der Waals surface area contributed by atoms with E-state index >= 15 is 0 Å². The van der Waals surface area contributed by atoms with Gasteiger partial charge >= 0.3 is 0 Å². The average molecular weight is 337 g/mol. The van der Waals surface area contributed by atoms with Crippen molar-refractivity contribution in [2.75, 3.05) is 13.2 Å². The lowest BCUT2D eigenvalue weighted by Gasteiger charge is -2.22. The average Bonchev–Trinajstić information content (AvgIpc) is 2.65. The molecule has 0 saturated heterocycles. The third-order valence-electron chi connectivity index (χ3n) is 3.99. The predicted octanol–water partition coefficient (Wildman–Crippen LogP) is 1.42. The number of rotatable bonds is 6. The highest BCUT2D eigenvalue weighted by molar-refractivity contribution is 5.81. The van der Waals surface area contributed by atoms with Crippen LogP contribution in [-0.4, -0.2) is 38.8 Å². The first-order valence-corrected chi connectivity index (χ1v) is 8.06. The van der Waals surface area contributed by atoms with Gasteiger partial charge in [-0.1, -0.05) is 48.5 Å². The van der Waals surface area contributed by atoms with E-state index < -0.39 is 0 Å². The number of aromatic nitrogens is 2. The van der Waals surface area contributed by atoms with Crippen LogP contribution in [0.2, 0.25) is 0 Å². The Morgan fingerprint density at radius 1 is 1.08 bits per heavy atom. The summed E-state index contributed by atoms with van der Waals surface area (Å²) in [7, 11) is 0. The highest BCUT2D eigenvalue weighted by Gasteiger charge is 2.16. The number of hydrogen-bond donors (Lipinski definition) is 1. The van der Waals surface area contributed by atoms with Crippen molar-refractivity contribution in [3.05, 3.63) is 76.7 Å². The second kappa shape index (κ2) is 7.72. The molecule has 2 aromatic carbocycles. The van der Waals surface area contributed by atoms with Crippen molar-refractivity contribution in [2.24, 2.45) is 0 Å². The SMILES string of the molecule is O=C(Cn1ncc2ccccc2c1=O)N(CCO)Cc1ccccc1. The third kappa shape index (κ3) is 3.92. The van der Waals surface area contributed by atoms with Gasteiger partial charge in [0, 0.05) is 18.5 Å². The van der Waals surface area contributed by atoms with E-state index in [9.17, 15) is 14.7 Å². The highest BCUT2D eigenvalue weighted by Crippen LogP contribution is 2.08. The normalized spacial score (nSPS) is 10.8. The molecule has 0 aliphatic carbocycles. The molecule has 6 heteroatoms. The number of carbonyl (C=O) groups is 1. The van der Waals surface area contributed by atoms with Crippen LogP contribution >= 0.6 is 0 Å². The summed E-state index contributed by atoms with van der Waals surface area (Å²) in [5.41, 5.74) is 0.665. The monoisotopic (exact) mass is 337 g/mol. The standard InChI is InChI=1S/C19H19N3O3/c23-11-10-21(13-15-6-2-1-3-7-15)18(24)14-22-19(25)17-9-5-4-8-16(17)12-20-22/h1-9,12,23H,10-11,13-14H2. The van der Waals surface area contributed by atoms with Crippen LogP contribution < -0.4 is 5.56 Å². The van der Waals surface area contributed by atoms with Gasteiger partial charge in [-0.2, -0.15) is 5.10 Å². The molecule has 1 amide bonds. The number of hydrogen-bond acceptors (Lipinski definition) is 4. The largest absolute Gasteiger partial charge is 0.395 e. The Balaban J connectivity index is 1.81. The van der Waals surface area contributed by atoms with Crippen LogP contribution in [0.4, 0.5) is 0 Å². The lowest BCUT2D eigenvalue weighted by atomic mass is 10.2. The molecule has 0 atom stereocenters. The van der Waals surface area contributed by atoms with Gasteiger partial charge in [-0.15, -0.1) is 0 Å². The molecule has 1 heterocycles. The zero-order chi connectivity index (χ0) is 17.6. The van der Waals surface area contributed by atoms with Crippen LogP contribution in [0.5, 0.6) is 0 Å². The number of nitrogens with zero attached hydrogens (tertiary/aromatic N) is 3. The maximum Gasteiger partial charge on any atom is 0.275 e. The minimum absolute atomic E-state index is 0.140. The van der Waals surface area contributed by atoms with Gasteiger partial charge in [-0.05, 0) is 11.6 Å². The Bertz CT molecular complexity index is 922. The molecule has 0 fully saturated rings. The Hall–Kier alpha value is -2.99. The minimum Gasteiger partial charge on any atom is -0.395 e. The lowest BCUT2D eigenvalue weighted by molar-refractivity contribution is -0.133. The fourth-order valence-electron chi connectivity index (χ4n) is 2.68. The second-order valence-corrected chi connectivity index (χ2v) is 5.72. The summed E-state index contributed by atoms with van der Waals surface area (Å²) >= 11 is 0. The molecule has 25 heavy (non-hydrogen) atoms. The molecule has 0 unspecified atom stereocenters. The van der Waals surface area contributed by atoms with Crippen molar-refractivity contribution in [3.63, 3.8) is 0 Å². The van der Waals surface area contributed by atoms with Crippen molar-refractivity contribution in [1.29, 1.82) is 0 Å². The number of aliphatic hydroxyl groups excluding tert-OH is 1. The molecule has 0 saturated carbocycles. The number of aliphatic hydroxyl groups is 1. The summed E-state index contributed by atoms with van der Waals surface area (Å²) < 4.78 is 1.17. The van der Waals surface area contributed by atoms with E-state index in [0.717, 1.165) is 10.9 Å². The fourth-order valence-corrected chi connectivity index (χ4v) is 2.68. The van der Waals surface area contributed by atoms with E-state index in [1.54, 1.807) is 18.3 Å². The van der Waals surface area contributed by atoms with Crippen molar-refractivity contribution in [3.8, 4) is 0 Å². The van der Waals surface area contributed by atoms with Crippen LogP contribution in [0.3, 0.4) is 0 Å². The van der Waals surface area contributed by atoms with Crippen LogP contribution in [0, 0.1) is 0 Å². The van der Waals surface area contributed by atoms with E-state index in [1.807, 2.05) is 42.5 Å². The predicted molar refractivity (Wildman–Crippen MR) is 94.9 cm³/mol. The van der Waals surface area contributed by atoms with Crippen LogP contribution in [0.25, 0.3) is 10.8 Å². The Kier molecular flexibility index (Phi) is 5.20. The van der Waals surface area contributed by atoms with Crippen molar-refractivity contribution in [2.45, 2.75) is 13.1 Å². The molecular weight excluding hydrogens is 318 g/mol. The van der Waals surface area contributed by atoms with E-state index in [1.165, 1.54) is 9.58 Å². The van der Waals surface area contributed by atoms with Gasteiger partial charge in [0.25, 0.3) is 5.56 Å². The third-order valence-corrected chi connectivity index (χ3v) is 3.99. The van der Waals surface area contributed by atoms with Crippen LogP contribution in [0.1, 0.15) is 5.56 Å². The molecular formula is C19H19N3O3. The molecule has 0 spiro atoms. The zero-order valence-corrected chi connectivity index (χ0v) is 13.7. The molecule has 0 aliphatic heterocycles. The topological polar surface area (TPSA) is 75.4 Å². The zero-order valence-electron chi connectivity index (χ0n) is 13.7. The summed E-state index contributed by atoms with van der Waals surface area (Å²) in [5.74, 6) is -0.261. The second-order valence-electron chi connectivity index (χ2n) is 5.72. The van der Waals surface area contributed by atoms with Gasteiger partial charge in [0.15, 0.2) is 0 Å². The summed E-state index contributed by atoms with van der Waals surface area (Å²) in [6.45, 7) is 0.285. The molecule has 0 radical (unpaired) electrons. The van der Waals surface area contributed by atoms with E-state index in [4.69, 9.17) is 0 Å². The first-order chi connectivity index (χ1) is 12.2. The van der Waals surface area contributed by atoms with Gasteiger partial charge in [-0.25, -0.2) is 4.68 Å². The van der Waals surface area contributed by atoms with Gasteiger partial charge in [0.1, 0.15) is 6.54 Å². The highest BCUT2D eigenvalue weighted by atomic mass is 16.3. The summed E-state index contributed by atoms with van der Waals surface area (Å²) in [4.78, 5) is 26.6. The van der Waals surface area contributed by atoms with Gasteiger partial charge in [-0.3, -0.25) is 9.59 Å². The summed E-state index contributed by atoms with van der Waals surface area (Å²) in [6.07, 6.45) is 1.58. The maximum atomic E-state index is 12.6. The first kappa shape index (κ1) is 16.9. The van der Waals surface area contributed by atoms with Crippen LogP contribution in [0.15, 0.2) is 65.6 Å². The number of benzene rings is 2. The Morgan fingerprint density at radius 2 is 1.80 bits per heavy atom. The van der Waals surface area contributed by atoms with Crippen molar-refractivity contribution in [1.82, 2.24) is 14.7 Å². The quantitative estimate of drug-likeness (QED) is 0.738. The fraction of sp³-hybridized carbons (Fsp3) is 0.211. The smallest absolute Gasteiger partial charge is 0.275 e. The molecule has 128 valence electrons. The van der Waals surface area contributed by atoms with Crippen molar-refractivity contribution >= 4 is 16.7 Å². The molecule has 1 N–H and O–H groups in total. The molecule has 0 bridgehead atoms. The van der Waals surface area contributed by atoms with Gasteiger partial charge in [0.2, 0.25) is 5.91 Å². The van der Waals surface area contributed by atoms with E-state index in [-0.39, 0.29) is 31.2 Å². The van der Waals surface area contributed by atoms with E-state index in [0.29, 0.717) is 11.9 Å². The van der Waals surface area contributed by atoms with E-state index in [2.05, 4.69) is 5.10 Å². The molecule has 3 rings (SSSR count). The lowest BCUT2D eigenvalue weighted by Crippen LogP contribution is -2.38. The minimum atomic E-state index is -0.296. The Morgan fingerprint density at radius 3 is 2.56 bits per heavy atom. The first-order valence-electron chi connectivity index (χ1n) is 8.06. The summed E-state index contributed by atoms with van der Waals surface area (Å²) in [6, 6.07) is 16.7. The molecule has 3 aromatic rings. The molecule has 1 aromatic heterocycles. The molecule has 6 nitrogen and oxygen atoms in total. The molecule has 0 aliphatic rings. The number of fused-ring (bicyclic) bond motifs is 1. The Labute approximate surface area is 144 Å². The number of carbonyl (C=O) groups excluding carboxylic acids is 1. The number of amides is 1. The van der Waals surface area contributed by atoms with Gasteiger partial charge in [0.05, 0.1) is 18.2 Å². The van der Waals surface area contributed by atoms with Crippen LogP contribution in [-0.2, 0) is 17.9 Å². The van der Waals surface area contributed by atoms with Crippen molar-refractivity contribution < 1.29 is 9.90 Å². The van der Waals surface area contributed by atoms with Gasteiger partial charge < -0.3 is 10.0 Å².